The van der Waals surface area contributed by atoms with Crippen molar-refractivity contribution >= 4 is 17.5 Å². The smallest absolute Gasteiger partial charge is 0.224 e. The molecular weight excluding hydrogens is 304 g/mol. The van der Waals surface area contributed by atoms with Crippen LogP contribution in [-0.4, -0.2) is 26.0 Å². The predicted molar refractivity (Wildman–Crippen MR) is 94.1 cm³/mol. The van der Waals surface area contributed by atoms with Crippen LogP contribution in [-0.2, 0) is 22.6 Å². The molecule has 2 rings (SSSR count). The van der Waals surface area contributed by atoms with Gasteiger partial charge in [0.2, 0.25) is 11.8 Å². The molecule has 0 spiro atoms. The Morgan fingerprint density at radius 3 is 2.38 bits per heavy atom. The molecule has 0 heterocycles. The first-order valence-electron chi connectivity index (χ1n) is 7.73. The molecule has 2 aromatic carbocycles. The average Bonchev–Trinajstić information content (AvgIpc) is 2.60. The van der Waals surface area contributed by atoms with Gasteiger partial charge in [0, 0.05) is 31.8 Å². The lowest BCUT2D eigenvalue weighted by Crippen LogP contribution is -2.25. The van der Waals surface area contributed by atoms with E-state index in [0.29, 0.717) is 13.0 Å². The van der Waals surface area contributed by atoms with E-state index in [1.165, 1.54) is 6.92 Å². The Morgan fingerprint density at radius 1 is 1.08 bits per heavy atom. The van der Waals surface area contributed by atoms with Crippen LogP contribution in [0.15, 0.2) is 48.5 Å². The molecule has 0 aliphatic carbocycles. The van der Waals surface area contributed by atoms with E-state index in [1.807, 2.05) is 48.5 Å². The summed E-state index contributed by atoms with van der Waals surface area (Å²) in [6.45, 7) is 1.94. The first kappa shape index (κ1) is 17.5. The van der Waals surface area contributed by atoms with Gasteiger partial charge in [0.15, 0.2) is 0 Å². The summed E-state index contributed by atoms with van der Waals surface area (Å²) < 4.78 is 5.27. The maximum Gasteiger partial charge on any atom is 0.224 e. The summed E-state index contributed by atoms with van der Waals surface area (Å²) in [7, 11) is 3.33. The molecule has 0 atom stereocenters. The molecule has 2 aromatic rings. The van der Waals surface area contributed by atoms with Crippen LogP contribution in [0, 0.1) is 0 Å². The highest BCUT2D eigenvalue weighted by atomic mass is 16.5. The van der Waals surface area contributed by atoms with Crippen molar-refractivity contribution in [1.29, 1.82) is 0 Å². The van der Waals surface area contributed by atoms with E-state index in [-0.39, 0.29) is 11.8 Å². The summed E-state index contributed by atoms with van der Waals surface area (Å²) in [4.78, 5) is 25.0. The third kappa shape index (κ3) is 4.59. The molecule has 0 saturated carbocycles. The molecule has 0 bridgehead atoms. The zero-order chi connectivity index (χ0) is 17.5. The number of rotatable bonds is 6. The molecule has 5 nitrogen and oxygen atoms in total. The van der Waals surface area contributed by atoms with Gasteiger partial charge in [-0.3, -0.25) is 9.59 Å². The van der Waals surface area contributed by atoms with Crippen molar-refractivity contribution in [2.24, 2.45) is 0 Å². The summed E-state index contributed by atoms with van der Waals surface area (Å²) in [5, 5.41) is 2.89. The van der Waals surface area contributed by atoms with Gasteiger partial charge in [-0.25, -0.2) is 0 Å². The van der Waals surface area contributed by atoms with Gasteiger partial charge in [-0.15, -0.1) is 0 Å². The molecule has 0 aliphatic rings. The Labute approximate surface area is 142 Å². The Bertz CT molecular complexity index is 711. The van der Waals surface area contributed by atoms with Gasteiger partial charge in [-0.1, -0.05) is 30.3 Å². The second-order valence-corrected chi connectivity index (χ2v) is 5.51. The highest BCUT2D eigenvalue weighted by Crippen LogP contribution is 2.17. The third-order valence-corrected chi connectivity index (χ3v) is 3.83. The summed E-state index contributed by atoms with van der Waals surface area (Å²) in [5.41, 5.74) is 2.64. The number of benzene rings is 2. The topological polar surface area (TPSA) is 58.6 Å². The van der Waals surface area contributed by atoms with E-state index < -0.39 is 0 Å². The van der Waals surface area contributed by atoms with E-state index in [1.54, 1.807) is 19.1 Å². The second-order valence-electron chi connectivity index (χ2n) is 5.51. The summed E-state index contributed by atoms with van der Waals surface area (Å²) in [6.07, 6.45) is 0.291. The van der Waals surface area contributed by atoms with E-state index in [9.17, 15) is 9.59 Å². The molecule has 24 heavy (non-hydrogen) atoms. The molecule has 0 aliphatic heterocycles. The summed E-state index contributed by atoms with van der Waals surface area (Å²) in [5.74, 6) is 0.667. The molecule has 5 heteroatoms. The van der Waals surface area contributed by atoms with Crippen LogP contribution in [0.1, 0.15) is 18.1 Å². The van der Waals surface area contributed by atoms with Crippen LogP contribution in [0.25, 0.3) is 0 Å². The van der Waals surface area contributed by atoms with Crippen molar-refractivity contribution in [2.75, 3.05) is 19.1 Å². The monoisotopic (exact) mass is 326 g/mol. The van der Waals surface area contributed by atoms with Crippen molar-refractivity contribution < 1.29 is 14.3 Å². The average molecular weight is 326 g/mol. The SMILES string of the molecule is COc1ccccc1CNC(=O)Cc1ccc(N(C)C(C)=O)cc1. The van der Waals surface area contributed by atoms with Crippen LogP contribution >= 0.6 is 0 Å². The minimum atomic E-state index is -0.0615. The zero-order valence-electron chi connectivity index (χ0n) is 14.2. The van der Waals surface area contributed by atoms with Crippen molar-refractivity contribution in [3.63, 3.8) is 0 Å². The first-order valence-corrected chi connectivity index (χ1v) is 7.73. The van der Waals surface area contributed by atoms with E-state index in [4.69, 9.17) is 4.74 Å². The normalized spacial score (nSPS) is 10.1. The molecule has 0 fully saturated rings. The van der Waals surface area contributed by atoms with Gasteiger partial charge in [0.25, 0.3) is 0 Å². The Balaban J connectivity index is 1.91. The van der Waals surface area contributed by atoms with Crippen LogP contribution in [0.4, 0.5) is 5.69 Å². The third-order valence-electron chi connectivity index (χ3n) is 3.83. The van der Waals surface area contributed by atoms with Gasteiger partial charge in [-0.2, -0.15) is 0 Å². The largest absolute Gasteiger partial charge is 0.496 e. The number of carbonyl (C=O) groups is 2. The van der Waals surface area contributed by atoms with Gasteiger partial charge >= 0.3 is 0 Å². The van der Waals surface area contributed by atoms with Crippen molar-refractivity contribution in [1.82, 2.24) is 5.32 Å². The lowest BCUT2D eigenvalue weighted by atomic mass is 10.1. The first-order chi connectivity index (χ1) is 11.5. The highest BCUT2D eigenvalue weighted by Gasteiger charge is 2.08. The molecule has 0 unspecified atom stereocenters. The van der Waals surface area contributed by atoms with E-state index in [0.717, 1.165) is 22.6 Å². The summed E-state index contributed by atoms with van der Waals surface area (Å²) >= 11 is 0. The van der Waals surface area contributed by atoms with Gasteiger partial charge in [-0.05, 0) is 23.8 Å². The summed E-state index contributed by atoms with van der Waals surface area (Å²) in [6, 6.07) is 15.0. The van der Waals surface area contributed by atoms with Gasteiger partial charge in [0.05, 0.1) is 13.5 Å². The molecule has 0 saturated heterocycles. The predicted octanol–water partition coefficient (Wildman–Crippen LogP) is 2.54. The number of ether oxygens (including phenoxy) is 1. The Morgan fingerprint density at radius 2 is 1.75 bits per heavy atom. The quantitative estimate of drug-likeness (QED) is 0.887. The van der Waals surface area contributed by atoms with Crippen LogP contribution in [0.3, 0.4) is 0 Å². The zero-order valence-corrected chi connectivity index (χ0v) is 14.2. The van der Waals surface area contributed by atoms with Gasteiger partial charge in [0.1, 0.15) is 5.75 Å². The van der Waals surface area contributed by atoms with Gasteiger partial charge < -0.3 is 15.0 Å². The second kappa shape index (κ2) is 8.15. The number of hydrogen-bond acceptors (Lipinski definition) is 3. The van der Waals surface area contributed by atoms with Crippen LogP contribution < -0.4 is 15.0 Å². The molecular formula is C19H22N2O3. The number of hydrogen-bond donors (Lipinski definition) is 1. The maximum absolute atomic E-state index is 12.1. The Kier molecular flexibility index (Phi) is 5.95. The van der Waals surface area contributed by atoms with Crippen LogP contribution in [0.5, 0.6) is 5.75 Å². The Hall–Kier alpha value is -2.82. The van der Waals surface area contributed by atoms with Crippen LogP contribution in [0.2, 0.25) is 0 Å². The number of nitrogens with zero attached hydrogens (tertiary/aromatic N) is 1. The van der Waals surface area contributed by atoms with Crippen molar-refractivity contribution in [2.45, 2.75) is 19.9 Å². The molecule has 1 N–H and O–H groups in total. The minimum absolute atomic E-state index is 0.0303. The molecule has 0 aromatic heterocycles. The minimum Gasteiger partial charge on any atom is -0.496 e. The number of methoxy groups -OCH3 is 1. The molecule has 0 radical (unpaired) electrons. The fourth-order valence-electron chi connectivity index (χ4n) is 2.31. The standard InChI is InChI=1S/C19H22N2O3/c1-14(22)21(2)17-10-8-15(9-11-17)12-19(23)20-13-16-6-4-5-7-18(16)24-3/h4-11H,12-13H2,1-3H3,(H,20,23). The van der Waals surface area contributed by atoms with E-state index in [2.05, 4.69) is 5.32 Å². The van der Waals surface area contributed by atoms with E-state index >= 15 is 0 Å². The highest BCUT2D eigenvalue weighted by molar-refractivity contribution is 5.90. The fourth-order valence-corrected chi connectivity index (χ4v) is 2.31. The number of para-hydroxylation sites is 1. The molecule has 2 amide bonds. The maximum atomic E-state index is 12.1. The number of anilines is 1. The number of amides is 2. The van der Waals surface area contributed by atoms with Crippen molar-refractivity contribution in [3.05, 3.63) is 59.7 Å². The lowest BCUT2D eigenvalue weighted by Gasteiger charge is -2.15. The fraction of sp³-hybridized carbons (Fsp3) is 0.263. The number of nitrogens with one attached hydrogen (secondary N) is 1. The molecule has 126 valence electrons. The van der Waals surface area contributed by atoms with Crippen molar-refractivity contribution in [3.8, 4) is 5.75 Å². The number of carbonyl (C=O) groups excluding carboxylic acids is 2. The lowest BCUT2D eigenvalue weighted by molar-refractivity contribution is -0.120.